The second kappa shape index (κ2) is 6.30. The number of esters is 1. The molecule has 1 aromatic carbocycles. The summed E-state index contributed by atoms with van der Waals surface area (Å²) in [5.74, 6) is -1.30. The summed E-state index contributed by atoms with van der Waals surface area (Å²) in [5.41, 5.74) is -0.312. The van der Waals surface area contributed by atoms with E-state index < -0.39 is 18.3 Å². The highest BCUT2D eigenvalue weighted by atomic mass is 35.5. The minimum absolute atomic E-state index is 0.0466. The molecule has 18 heavy (non-hydrogen) atoms. The molecule has 0 saturated carbocycles. The number of aldehydes is 1. The van der Waals surface area contributed by atoms with Crippen LogP contribution < -0.4 is 4.74 Å². The summed E-state index contributed by atoms with van der Waals surface area (Å²) in [6.07, 6.45) is 0.371. The smallest absolute Gasteiger partial charge is 0.387 e. The van der Waals surface area contributed by atoms with Gasteiger partial charge in [-0.15, -0.1) is 0 Å². The average Bonchev–Trinajstić information content (AvgIpc) is 2.30. The number of benzene rings is 1. The Morgan fingerprint density at radius 1 is 1.50 bits per heavy atom. The van der Waals surface area contributed by atoms with Crippen molar-refractivity contribution in [2.75, 3.05) is 6.61 Å². The quantitative estimate of drug-likeness (QED) is 0.614. The van der Waals surface area contributed by atoms with Crippen LogP contribution in [0.1, 0.15) is 27.6 Å². The maximum absolute atomic E-state index is 12.2. The second-order valence-corrected chi connectivity index (χ2v) is 3.49. The molecule has 0 atom stereocenters. The van der Waals surface area contributed by atoms with Crippen molar-refractivity contribution in [3.8, 4) is 5.75 Å². The Balaban J connectivity index is 3.24. The fraction of sp³-hybridized carbons (Fsp3) is 0.273. The van der Waals surface area contributed by atoms with Crippen LogP contribution in [0, 0.1) is 0 Å². The number of hydrogen-bond acceptors (Lipinski definition) is 4. The Morgan fingerprint density at radius 2 is 2.17 bits per heavy atom. The number of carbonyl (C=O) groups excluding carboxylic acids is 2. The lowest BCUT2D eigenvalue weighted by Gasteiger charge is -2.11. The van der Waals surface area contributed by atoms with E-state index in [9.17, 15) is 18.4 Å². The number of rotatable bonds is 5. The molecule has 0 amide bonds. The van der Waals surface area contributed by atoms with Gasteiger partial charge in [0.25, 0.3) is 0 Å². The van der Waals surface area contributed by atoms with E-state index in [0.717, 1.165) is 12.1 Å². The summed E-state index contributed by atoms with van der Waals surface area (Å²) in [5, 5.41) is -0.0466. The van der Waals surface area contributed by atoms with E-state index in [4.69, 9.17) is 11.6 Å². The van der Waals surface area contributed by atoms with Crippen molar-refractivity contribution in [2.45, 2.75) is 13.5 Å². The first-order chi connectivity index (χ1) is 8.49. The number of carbonyl (C=O) groups is 2. The van der Waals surface area contributed by atoms with Crippen molar-refractivity contribution < 1.29 is 27.8 Å². The summed E-state index contributed by atoms with van der Waals surface area (Å²) in [7, 11) is 0. The summed E-state index contributed by atoms with van der Waals surface area (Å²) < 4.78 is 33.2. The largest absolute Gasteiger partial charge is 0.462 e. The van der Waals surface area contributed by atoms with Crippen LogP contribution >= 0.6 is 11.6 Å². The van der Waals surface area contributed by atoms with Crippen molar-refractivity contribution in [3.05, 3.63) is 28.3 Å². The molecule has 0 unspecified atom stereocenters. The zero-order valence-corrected chi connectivity index (χ0v) is 10.0. The molecule has 0 fully saturated rings. The van der Waals surface area contributed by atoms with Gasteiger partial charge in [0.1, 0.15) is 11.3 Å². The Bertz CT molecular complexity index is 463. The van der Waals surface area contributed by atoms with Crippen molar-refractivity contribution in [2.24, 2.45) is 0 Å². The molecule has 98 valence electrons. The van der Waals surface area contributed by atoms with Gasteiger partial charge in [0.15, 0.2) is 6.29 Å². The summed E-state index contributed by atoms with van der Waals surface area (Å²) in [6, 6.07) is 2.02. The lowest BCUT2D eigenvalue weighted by molar-refractivity contribution is -0.0504. The van der Waals surface area contributed by atoms with Crippen molar-refractivity contribution in [1.29, 1.82) is 0 Å². The lowest BCUT2D eigenvalue weighted by Crippen LogP contribution is -2.11. The van der Waals surface area contributed by atoms with Gasteiger partial charge in [-0.3, -0.25) is 4.79 Å². The first-order valence-corrected chi connectivity index (χ1v) is 5.28. The summed E-state index contributed by atoms with van der Waals surface area (Å²) >= 11 is 5.70. The van der Waals surface area contributed by atoms with E-state index in [0.29, 0.717) is 6.29 Å². The number of hydrogen-bond donors (Lipinski definition) is 0. The van der Waals surface area contributed by atoms with E-state index in [-0.39, 0.29) is 22.8 Å². The lowest BCUT2D eigenvalue weighted by atomic mass is 10.1. The van der Waals surface area contributed by atoms with Crippen LogP contribution in [0.25, 0.3) is 0 Å². The van der Waals surface area contributed by atoms with E-state index >= 15 is 0 Å². The number of ether oxygens (including phenoxy) is 2. The topological polar surface area (TPSA) is 52.6 Å². The molecule has 0 heterocycles. The van der Waals surface area contributed by atoms with Crippen LogP contribution in [0.3, 0.4) is 0 Å². The maximum Gasteiger partial charge on any atom is 0.387 e. The molecule has 0 aromatic heterocycles. The maximum atomic E-state index is 12.2. The number of alkyl halides is 2. The van der Waals surface area contributed by atoms with Gasteiger partial charge in [-0.2, -0.15) is 8.78 Å². The molecule has 0 spiro atoms. The predicted molar refractivity (Wildman–Crippen MR) is 59.4 cm³/mol. The molecule has 1 aromatic rings. The highest BCUT2D eigenvalue weighted by Crippen LogP contribution is 2.28. The second-order valence-electron chi connectivity index (χ2n) is 3.09. The first-order valence-electron chi connectivity index (χ1n) is 4.90. The standard InChI is InChI=1S/C11H9ClF2O4/c1-2-17-10(16)7-4-8(12)6(5-15)3-9(7)18-11(13)14/h3-5,11H,2H2,1H3. The van der Waals surface area contributed by atoms with Crippen molar-refractivity contribution in [3.63, 3.8) is 0 Å². The van der Waals surface area contributed by atoms with Crippen LogP contribution in [-0.2, 0) is 4.74 Å². The van der Waals surface area contributed by atoms with Gasteiger partial charge in [0.05, 0.1) is 11.6 Å². The van der Waals surface area contributed by atoms with Gasteiger partial charge in [0, 0.05) is 5.56 Å². The SMILES string of the molecule is CCOC(=O)c1cc(Cl)c(C=O)cc1OC(F)F. The Kier molecular flexibility index (Phi) is 5.03. The molecule has 1 rings (SSSR count). The Morgan fingerprint density at radius 3 is 2.67 bits per heavy atom. The van der Waals surface area contributed by atoms with E-state index in [2.05, 4.69) is 9.47 Å². The fourth-order valence-electron chi connectivity index (χ4n) is 1.22. The van der Waals surface area contributed by atoms with Crippen molar-refractivity contribution >= 4 is 23.9 Å². The van der Waals surface area contributed by atoms with E-state index in [1.54, 1.807) is 6.92 Å². The molecule has 0 saturated heterocycles. The molecule has 0 aliphatic heterocycles. The summed E-state index contributed by atoms with van der Waals surface area (Å²) in [6.45, 7) is -1.49. The molecular weight excluding hydrogens is 270 g/mol. The zero-order valence-electron chi connectivity index (χ0n) is 9.28. The molecular formula is C11H9ClF2O4. The molecule has 4 nitrogen and oxygen atoms in total. The highest BCUT2D eigenvalue weighted by molar-refractivity contribution is 6.33. The first kappa shape index (κ1) is 14.4. The molecule has 0 aliphatic carbocycles. The third-order valence-corrected chi connectivity index (χ3v) is 2.26. The molecule has 0 radical (unpaired) electrons. The van der Waals surface area contributed by atoms with Crippen LogP contribution in [-0.4, -0.2) is 25.5 Å². The summed E-state index contributed by atoms with van der Waals surface area (Å²) in [4.78, 5) is 22.1. The van der Waals surface area contributed by atoms with Crippen LogP contribution in [0.15, 0.2) is 12.1 Å². The average molecular weight is 279 g/mol. The van der Waals surface area contributed by atoms with Crippen molar-refractivity contribution in [1.82, 2.24) is 0 Å². The molecule has 0 bridgehead atoms. The van der Waals surface area contributed by atoms with Crippen LogP contribution in [0.5, 0.6) is 5.75 Å². The van der Waals surface area contributed by atoms with Crippen LogP contribution in [0.2, 0.25) is 5.02 Å². The van der Waals surface area contributed by atoms with Gasteiger partial charge in [-0.1, -0.05) is 11.6 Å². The third-order valence-electron chi connectivity index (χ3n) is 1.94. The highest BCUT2D eigenvalue weighted by Gasteiger charge is 2.19. The minimum atomic E-state index is -3.13. The monoisotopic (exact) mass is 278 g/mol. The Labute approximate surface area is 106 Å². The van der Waals surface area contributed by atoms with E-state index in [1.165, 1.54) is 0 Å². The minimum Gasteiger partial charge on any atom is -0.462 e. The molecule has 0 N–H and O–H groups in total. The molecule has 7 heteroatoms. The van der Waals surface area contributed by atoms with E-state index in [1.807, 2.05) is 0 Å². The van der Waals surface area contributed by atoms with Gasteiger partial charge >= 0.3 is 12.6 Å². The third kappa shape index (κ3) is 3.40. The van der Waals surface area contributed by atoms with Gasteiger partial charge in [0.2, 0.25) is 0 Å². The van der Waals surface area contributed by atoms with Gasteiger partial charge < -0.3 is 9.47 Å². The zero-order chi connectivity index (χ0) is 13.7. The molecule has 0 aliphatic rings. The fourth-order valence-corrected chi connectivity index (χ4v) is 1.43. The predicted octanol–water partition coefficient (Wildman–Crippen LogP) is 2.93. The van der Waals surface area contributed by atoms with Crippen LogP contribution in [0.4, 0.5) is 8.78 Å². The normalized spacial score (nSPS) is 10.3. The Hall–Kier alpha value is -1.69. The number of halogens is 3. The van der Waals surface area contributed by atoms with Gasteiger partial charge in [-0.25, -0.2) is 4.79 Å². The van der Waals surface area contributed by atoms with Gasteiger partial charge in [-0.05, 0) is 19.1 Å².